The van der Waals surface area contributed by atoms with Crippen molar-refractivity contribution in [1.29, 1.82) is 0 Å². The average Bonchev–Trinajstić information content (AvgIpc) is 2.76. The van der Waals surface area contributed by atoms with Gasteiger partial charge in [-0.05, 0) is 30.5 Å². The molecule has 17 heavy (non-hydrogen) atoms. The fraction of sp³-hybridized carbons (Fsp3) is 0.500. The summed E-state index contributed by atoms with van der Waals surface area (Å²) in [7, 11) is 5.48. The SMILES string of the molecule is [B]C[C@H]1CC[C@H](c2ccc(C(F)(F)F)cc2)O1. The highest BCUT2D eigenvalue weighted by Crippen LogP contribution is 2.35. The van der Waals surface area contributed by atoms with Crippen LogP contribution in [-0.4, -0.2) is 14.0 Å². The number of hydrogen-bond acceptors (Lipinski definition) is 1. The van der Waals surface area contributed by atoms with Crippen molar-refractivity contribution in [3.63, 3.8) is 0 Å². The molecule has 0 N–H and O–H groups in total. The third kappa shape index (κ3) is 2.83. The maximum Gasteiger partial charge on any atom is 0.416 e. The Morgan fingerprint density at radius 2 is 1.82 bits per heavy atom. The molecule has 1 nitrogen and oxygen atoms in total. The van der Waals surface area contributed by atoms with Crippen LogP contribution in [0.1, 0.15) is 30.1 Å². The van der Waals surface area contributed by atoms with Gasteiger partial charge in [0.2, 0.25) is 0 Å². The Balaban J connectivity index is 2.09. The molecule has 1 aromatic rings. The minimum absolute atomic E-state index is 0.0299. The molecule has 0 aliphatic carbocycles. The summed E-state index contributed by atoms with van der Waals surface area (Å²) in [5.74, 6) is 0. The molecular weight excluding hydrogens is 228 g/mol. The first-order chi connectivity index (χ1) is 8.00. The van der Waals surface area contributed by atoms with Crippen LogP contribution in [0.4, 0.5) is 13.2 Å². The summed E-state index contributed by atoms with van der Waals surface area (Å²) in [6.07, 6.45) is -2.24. The van der Waals surface area contributed by atoms with Gasteiger partial charge < -0.3 is 4.74 Å². The molecule has 1 aliphatic heterocycles. The van der Waals surface area contributed by atoms with Gasteiger partial charge in [0, 0.05) is 0 Å². The second kappa shape index (κ2) is 4.73. The van der Waals surface area contributed by atoms with E-state index in [1.54, 1.807) is 0 Å². The first kappa shape index (κ1) is 12.5. The predicted molar refractivity (Wildman–Crippen MR) is 58.9 cm³/mol. The quantitative estimate of drug-likeness (QED) is 0.718. The molecule has 0 amide bonds. The molecule has 90 valence electrons. The van der Waals surface area contributed by atoms with Crippen LogP contribution in [-0.2, 0) is 10.9 Å². The van der Waals surface area contributed by atoms with Crippen molar-refractivity contribution in [2.75, 3.05) is 0 Å². The lowest BCUT2D eigenvalue weighted by atomic mass is 9.97. The number of alkyl halides is 3. The van der Waals surface area contributed by atoms with Gasteiger partial charge in [0.15, 0.2) is 0 Å². The molecule has 2 radical (unpaired) electrons. The summed E-state index contributed by atoms with van der Waals surface area (Å²) in [6, 6.07) is 5.14. The summed E-state index contributed by atoms with van der Waals surface area (Å²) in [5, 5.41) is 0. The van der Waals surface area contributed by atoms with E-state index in [0.29, 0.717) is 6.32 Å². The predicted octanol–water partition coefficient (Wildman–Crippen LogP) is 3.51. The monoisotopic (exact) mass is 240 g/mol. The van der Waals surface area contributed by atoms with Crippen molar-refractivity contribution in [2.24, 2.45) is 0 Å². The third-order valence-corrected chi connectivity index (χ3v) is 2.98. The fourth-order valence-corrected chi connectivity index (χ4v) is 2.01. The van der Waals surface area contributed by atoms with Crippen molar-refractivity contribution in [2.45, 2.75) is 37.5 Å². The van der Waals surface area contributed by atoms with Gasteiger partial charge in [-0.2, -0.15) is 13.2 Å². The average molecular weight is 240 g/mol. The molecule has 1 saturated heterocycles. The molecule has 0 saturated carbocycles. The van der Waals surface area contributed by atoms with Crippen LogP contribution in [0.25, 0.3) is 0 Å². The van der Waals surface area contributed by atoms with Crippen molar-refractivity contribution in [3.05, 3.63) is 35.4 Å². The van der Waals surface area contributed by atoms with Crippen LogP contribution in [0.2, 0.25) is 6.32 Å². The number of hydrogen-bond donors (Lipinski definition) is 0. The molecule has 1 heterocycles. The fourth-order valence-electron chi connectivity index (χ4n) is 2.01. The molecule has 0 unspecified atom stereocenters. The van der Waals surface area contributed by atoms with Crippen LogP contribution < -0.4 is 0 Å². The van der Waals surface area contributed by atoms with Crippen LogP contribution in [0.3, 0.4) is 0 Å². The second-order valence-electron chi connectivity index (χ2n) is 4.18. The Hall–Kier alpha value is -0.965. The van der Waals surface area contributed by atoms with Crippen molar-refractivity contribution in [3.8, 4) is 0 Å². The Morgan fingerprint density at radius 1 is 1.18 bits per heavy atom. The van der Waals surface area contributed by atoms with E-state index >= 15 is 0 Å². The Kier molecular flexibility index (Phi) is 3.47. The van der Waals surface area contributed by atoms with Gasteiger partial charge >= 0.3 is 6.18 Å². The van der Waals surface area contributed by atoms with E-state index in [0.717, 1.165) is 30.5 Å². The van der Waals surface area contributed by atoms with Crippen LogP contribution in [0.15, 0.2) is 24.3 Å². The third-order valence-electron chi connectivity index (χ3n) is 2.98. The van der Waals surface area contributed by atoms with Gasteiger partial charge in [-0.15, -0.1) is 0 Å². The highest BCUT2D eigenvalue weighted by molar-refractivity contribution is 6.08. The molecule has 5 heteroatoms. The lowest BCUT2D eigenvalue weighted by Crippen LogP contribution is -2.07. The highest BCUT2D eigenvalue weighted by atomic mass is 19.4. The Bertz CT molecular complexity index is 374. The minimum Gasteiger partial charge on any atom is -0.371 e. The number of ether oxygens (including phenoxy) is 1. The molecule has 2 atom stereocenters. The molecule has 0 spiro atoms. The largest absolute Gasteiger partial charge is 0.416 e. The normalized spacial score (nSPS) is 25.1. The highest BCUT2D eigenvalue weighted by Gasteiger charge is 2.31. The molecule has 1 aliphatic rings. The van der Waals surface area contributed by atoms with Crippen molar-refractivity contribution in [1.82, 2.24) is 0 Å². The summed E-state index contributed by atoms with van der Waals surface area (Å²) in [4.78, 5) is 0. The van der Waals surface area contributed by atoms with Crippen LogP contribution >= 0.6 is 0 Å². The Labute approximate surface area is 99.4 Å². The second-order valence-corrected chi connectivity index (χ2v) is 4.18. The number of rotatable bonds is 2. The molecule has 0 aromatic heterocycles. The number of benzene rings is 1. The molecule has 0 bridgehead atoms. The van der Waals surface area contributed by atoms with Gasteiger partial charge in [0.1, 0.15) is 0 Å². The van der Waals surface area contributed by atoms with E-state index in [1.807, 2.05) is 0 Å². The first-order valence-corrected chi connectivity index (χ1v) is 5.53. The maximum absolute atomic E-state index is 12.4. The maximum atomic E-state index is 12.4. The summed E-state index contributed by atoms with van der Waals surface area (Å²) in [6.45, 7) is 0. The zero-order chi connectivity index (χ0) is 12.5. The zero-order valence-electron chi connectivity index (χ0n) is 9.20. The lowest BCUT2D eigenvalue weighted by molar-refractivity contribution is -0.137. The molecular formula is C12H12BF3O. The van der Waals surface area contributed by atoms with Crippen molar-refractivity contribution >= 4 is 7.85 Å². The van der Waals surface area contributed by atoms with Crippen molar-refractivity contribution < 1.29 is 17.9 Å². The summed E-state index contributed by atoms with van der Waals surface area (Å²) in [5.41, 5.74) is 0.156. The topological polar surface area (TPSA) is 9.23 Å². The van der Waals surface area contributed by atoms with E-state index in [2.05, 4.69) is 0 Å². The zero-order valence-corrected chi connectivity index (χ0v) is 9.20. The molecule has 1 fully saturated rings. The Morgan fingerprint density at radius 3 is 2.29 bits per heavy atom. The first-order valence-electron chi connectivity index (χ1n) is 5.53. The smallest absolute Gasteiger partial charge is 0.371 e. The van der Waals surface area contributed by atoms with E-state index in [4.69, 9.17) is 12.6 Å². The van der Waals surface area contributed by atoms with Crippen LogP contribution in [0.5, 0.6) is 0 Å². The van der Waals surface area contributed by atoms with E-state index in [9.17, 15) is 13.2 Å². The van der Waals surface area contributed by atoms with E-state index in [1.165, 1.54) is 12.1 Å². The molecule has 2 rings (SSSR count). The minimum atomic E-state index is -4.28. The summed E-state index contributed by atoms with van der Waals surface area (Å²) < 4.78 is 42.7. The number of halogens is 3. The van der Waals surface area contributed by atoms with E-state index in [-0.39, 0.29) is 12.2 Å². The van der Waals surface area contributed by atoms with Crippen LogP contribution in [0, 0.1) is 0 Å². The van der Waals surface area contributed by atoms with Gasteiger partial charge in [-0.3, -0.25) is 0 Å². The van der Waals surface area contributed by atoms with Gasteiger partial charge in [0.25, 0.3) is 0 Å². The molecule has 1 aromatic carbocycles. The summed E-state index contributed by atoms with van der Waals surface area (Å²) >= 11 is 0. The lowest BCUT2D eigenvalue weighted by Gasteiger charge is -2.14. The van der Waals surface area contributed by atoms with Gasteiger partial charge in [0.05, 0.1) is 25.6 Å². The standard InChI is InChI=1S/C12H12BF3O/c13-7-10-5-6-11(17-10)8-1-3-9(4-2-8)12(14,15)16/h1-4,10-11H,5-7H2/t10-,11-/m1/s1. The van der Waals surface area contributed by atoms with Gasteiger partial charge in [-0.25, -0.2) is 0 Å². The van der Waals surface area contributed by atoms with E-state index < -0.39 is 11.7 Å². The van der Waals surface area contributed by atoms with Gasteiger partial charge in [-0.1, -0.05) is 18.5 Å².